The highest BCUT2D eigenvalue weighted by Crippen LogP contribution is 2.62. The lowest BCUT2D eigenvalue weighted by molar-refractivity contribution is -0.138. The van der Waals surface area contributed by atoms with Crippen LogP contribution < -0.4 is 0 Å². The zero-order chi connectivity index (χ0) is 23.5. The molecule has 2 saturated carbocycles. The fraction of sp³-hybridized carbons (Fsp3) is 0.667. The second kappa shape index (κ2) is 8.31. The van der Waals surface area contributed by atoms with Gasteiger partial charge in [0.1, 0.15) is 5.76 Å². The zero-order valence-corrected chi connectivity index (χ0v) is 19.6. The second-order valence-corrected chi connectivity index (χ2v) is 13.8. The minimum Gasteiger partial charge on any atom is -0.426 e. The number of hydrogen-bond acceptors (Lipinski definition) is 5. The zero-order valence-electron chi connectivity index (χ0n) is 17.8. The predicted octanol–water partition coefficient (Wildman–Crippen LogP) is 2.80. The van der Waals surface area contributed by atoms with Gasteiger partial charge >= 0.3 is 21.2 Å². The van der Waals surface area contributed by atoms with Crippen molar-refractivity contribution >= 4 is 21.2 Å². The van der Waals surface area contributed by atoms with Gasteiger partial charge in [-0.1, -0.05) is 19.1 Å². The molecule has 11 heteroatoms. The van der Waals surface area contributed by atoms with Crippen LogP contribution in [0.5, 0.6) is 0 Å². The lowest BCUT2D eigenvalue weighted by Crippen LogP contribution is -2.46. The van der Waals surface area contributed by atoms with E-state index < -0.39 is 33.0 Å². The molecule has 4 rings (SSSR count). The van der Waals surface area contributed by atoms with E-state index in [9.17, 15) is 38.6 Å². The Bertz CT molecular complexity index is 952. The fourth-order valence-electron chi connectivity index (χ4n) is 6.37. The maximum absolute atomic E-state index is 12.2. The summed E-state index contributed by atoms with van der Waals surface area (Å²) in [4.78, 5) is 48.9. The molecule has 0 aromatic carbocycles. The summed E-state index contributed by atoms with van der Waals surface area (Å²) in [5.41, 5.74) is 0.996. The van der Waals surface area contributed by atoms with Crippen LogP contribution in [0.3, 0.4) is 0 Å². The van der Waals surface area contributed by atoms with Gasteiger partial charge in [-0.15, -0.1) is 0 Å². The standard InChI is InChI=1S/C21H30O9P2/c1-21-9-8-15-14-5-3-13(30-19(23)11-20(31(24,25)26)32(27,28)29)10-12(14)2-4-16(15)17(21)6-7-18(21)22/h2-3,5,10,14-18,20,22H,4,6-9,11H2,1H3,(H2,24,25,26)(H2,27,28,29)/t14-,15+,16+,17-,18-,21-/m0/s1. The summed E-state index contributed by atoms with van der Waals surface area (Å²) < 4.78 is 28.0. The minimum atomic E-state index is -5.19. The number of rotatable bonds is 5. The van der Waals surface area contributed by atoms with E-state index in [1.807, 2.05) is 6.08 Å². The number of aliphatic hydroxyl groups excluding tert-OH is 1. The van der Waals surface area contributed by atoms with Crippen LogP contribution in [-0.2, 0) is 18.7 Å². The number of hydrogen-bond donors (Lipinski definition) is 5. The molecule has 0 heterocycles. The summed E-state index contributed by atoms with van der Waals surface area (Å²) in [5, 5.41) is 8.08. The van der Waals surface area contributed by atoms with E-state index in [0.717, 1.165) is 37.7 Å². The molecular weight excluding hydrogens is 458 g/mol. The van der Waals surface area contributed by atoms with Gasteiger partial charge in [0.2, 0.25) is 0 Å². The van der Waals surface area contributed by atoms with Crippen LogP contribution in [0.15, 0.2) is 35.6 Å². The van der Waals surface area contributed by atoms with Crippen LogP contribution in [0.2, 0.25) is 0 Å². The molecule has 32 heavy (non-hydrogen) atoms. The monoisotopic (exact) mass is 488 g/mol. The molecule has 9 nitrogen and oxygen atoms in total. The van der Waals surface area contributed by atoms with Crippen LogP contribution in [0, 0.1) is 29.1 Å². The van der Waals surface area contributed by atoms with Crippen LogP contribution in [0.1, 0.15) is 45.4 Å². The average Bonchev–Trinajstić information content (AvgIpc) is 2.99. The van der Waals surface area contributed by atoms with E-state index in [0.29, 0.717) is 17.8 Å². The largest absolute Gasteiger partial charge is 0.426 e. The van der Waals surface area contributed by atoms with Crippen molar-refractivity contribution in [3.05, 3.63) is 35.6 Å². The molecule has 0 unspecified atom stereocenters. The second-order valence-electron chi connectivity index (χ2n) is 9.78. The molecule has 2 fully saturated rings. The van der Waals surface area contributed by atoms with Crippen molar-refractivity contribution in [3.63, 3.8) is 0 Å². The minimum absolute atomic E-state index is 0.0182. The number of carbonyl (C=O) groups is 1. The van der Waals surface area contributed by atoms with E-state index in [4.69, 9.17) is 4.74 Å². The summed E-state index contributed by atoms with van der Waals surface area (Å²) in [5.74, 6) is 0.673. The molecule has 0 radical (unpaired) electrons. The molecule has 0 spiro atoms. The molecular formula is C21H30O9P2. The van der Waals surface area contributed by atoms with Gasteiger partial charge in [0.25, 0.3) is 0 Å². The van der Waals surface area contributed by atoms with Crippen LogP contribution >= 0.6 is 15.2 Å². The van der Waals surface area contributed by atoms with Gasteiger partial charge in [-0.05, 0) is 73.0 Å². The lowest BCUT2D eigenvalue weighted by Gasteiger charge is -2.51. The van der Waals surface area contributed by atoms with Crippen LogP contribution in [0.25, 0.3) is 0 Å². The van der Waals surface area contributed by atoms with E-state index in [-0.39, 0.29) is 23.2 Å². The number of allylic oxidation sites excluding steroid dienone is 5. The SMILES string of the molecule is C[C@]12CC[C@H]3[C@@H](CC=C4C=C(OC(=O)CC(P(=O)(O)O)P(=O)(O)O)C=C[C@@H]43)[C@@H]1CC[C@@H]2O. The predicted molar refractivity (Wildman–Crippen MR) is 115 cm³/mol. The third kappa shape index (κ3) is 4.37. The molecule has 4 aliphatic carbocycles. The number of carbonyl (C=O) groups excluding carboxylic acids is 1. The summed E-state index contributed by atoms with van der Waals surface area (Å²) >= 11 is 0. The van der Waals surface area contributed by atoms with Gasteiger partial charge in [-0.25, -0.2) is 0 Å². The van der Waals surface area contributed by atoms with Gasteiger partial charge < -0.3 is 29.4 Å². The summed E-state index contributed by atoms with van der Waals surface area (Å²) in [6, 6.07) is 0. The number of aliphatic hydroxyl groups is 1. The fourth-order valence-corrected chi connectivity index (χ4v) is 8.71. The van der Waals surface area contributed by atoms with Crippen molar-refractivity contribution < 1.29 is 43.3 Å². The lowest BCUT2D eigenvalue weighted by atomic mass is 9.54. The third-order valence-corrected chi connectivity index (χ3v) is 11.8. The number of esters is 1. The quantitative estimate of drug-likeness (QED) is 0.289. The number of ether oxygens (including phenoxy) is 1. The van der Waals surface area contributed by atoms with Crippen molar-refractivity contribution in [1.29, 1.82) is 0 Å². The maximum atomic E-state index is 12.2. The molecule has 0 aromatic rings. The summed E-state index contributed by atoms with van der Waals surface area (Å²) in [7, 11) is -10.4. The first-order chi connectivity index (χ1) is 14.8. The Hall–Kier alpha value is -1.05. The first-order valence-corrected chi connectivity index (χ1v) is 14.3. The van der Waals surface area contributed by atoms with E-state index in [1.165, 1.54) is 0 Å². The summed E-state index contributed by atoms with van der Waals surface area (Å²) in [6.07, 6.45) is 10.9. The van der Waals surface area contributed by atoms with Crippen molar-refractivity contribution in [2.75, 3.05) is 0 Å². The van der Waals surface area contributed by atoms with Crippen molar-refractivity contribution in [2.24, 2.45) is 29.1 Å². The Morgan fingerprint density at radius 1 is 1.16 bits per heavy atom. The van der Waals surface area contributed by atoms with Gasteiger partial charge in [0.15, 0.2) is 5.40 Å². The highest BCUT2D eigenvalue weighted by molar-refractivity contribution is 7.70. The molecule has 0 aliphatic heterocycles. The highest BCUT2D eigenvalue weighted by Gasteiger charge is 2.55. The van der Waals surface area contributed by atoms with Crippen molar-refractivity contribution in [2.45, 2.75) is 57.0 Å². The molecule has 0 aromatic heterocycles. The van der Waals surface area contributed by atoms with E-state index in [2.05, 4.69) is 13.0 Å². The molecule has 0 saturated heterocycles. The Morgan fingerprint density at radius 2 is 1.84 bits per heavy atom. The molecule has 178 valence electrons. The highest BCUT2D eigenvalue weighted by atomic mass is 31.2. The molecule has 5 N–H and O–H groups in total. The third-order valence-electron chi connectivity index (χ3n) is 8.05. The van der Waals surface area contributed by atoms with Gasteiger partial charge in [-0.3, -0.25) is 13.9 Å². The Balaban J connectivity index is 1.46. The first-order valence-electron chi connectivity index (χ1n) is 10.9. The average molecular weight is 488 g/mol. The van der Waals surface area contributed by atoms with Gasteiger partial charge in [0.05, 0.1) is 12.5 Å². The van der Waals surface area contributed by atoms with Gasteiger partial charge in [-0.2, -0.15) is 0 Å². The Morgan fingerprint density at radius 3 is 2.50 bits per heavy atom. The molecule has 0 bridgehead atoms. The number of fused-ring (bicyclic) bond motifs is 5. The topological polar surface area (TPSA) is 162 Å². The van der Waals surface area contributed by atoms with Crippen LogP contribution in [-0.4, -0.2) is 42.2 Å². The molecule has 6 atom stereocenters. The Kier molecular flexibility index (Phi) is 6.26. The van der Waals surface area contributed by atoms with Crippen molar-refractivity contribution in [3.8, 4) is 0 Å². The van der Waals surface area contributed by atoms with Crippen LogP contribution in [0.4, 0.5) is 0 Å². The Labute approximate surface area is 186 Å². The first kappa shape index (κ1) is 24.1. The van der Waals surface area contributed by atoms with E-state index >= 15 is 0 Å². The van der Waals surface area contributed by atoms with E-state index in [1.54, 1.807) is 12.2 Å². The maximum Gasteiger partial charge on any atom is 0.341 e. The molecule has 4 aliphatic rings. The van der Waals surface area contributed by atoms with Crippen molar-refractivity contribution in [1.82, 2.24) is 0 Å². The smallest absolute Gasteiger partial charge is 0.341 e. The summed E-state index contributed by atoms with van der Waals surface area (Å²) in [6.45, 7) is 2.21. The normalized spacial score (nSPS) is 36.7. The molecule has 0 amide bonds. The van der Waals surface area contributed by atoms with Gasteiger partial charge in [0, 0.05) is 5.92 Å².